The monoisotopic (exact) mass is 399 g/mol. The number of carbonyl (C=O) groups is 3. The molecule has 2 heterocycles. The van der Waals surface area contributed by atoms with Crippen LogP contribution in [0.2, 0.25) is 0 Å². The molecule has 0 spiro atoms. The minimum absolute atomic E-state index is 0.0123. The first kappa shape index (κ1) is 21.3. The van der Waals surface area contributed by atoms with Crippen molar-refractivity contribution in [2.75, 3.05) is 37.6 Å². The van der Waals surface area contributed by atoms with Crippen LogP contribution in [0.25, 0.3) is 0 Å². The van der Waals surface area contributed by atoms with Crippen LogP contribution in [-0.4, -0.2) is 60.2 Å². The van der Waals surface area contributed by atoms with Crippen molar-refractivity contribution in [3.8, 4) is 0 Å². The smallest absolute Gasteiger partial charge is 0.228 e. The molecular weight excluding hydrogens is 366 g/mol. The van der Waals surface area contributed by atoms with E-state index >= 15 is 0 Å². The SMILES string of the molecule is CCCCc1ccc(N2CC(C(=O)N3CCN(C(=O)C(C)C)CC3)CC2=O)cc1. The first-order valence-electron chi connectivity index (χ1n) is 10.9. The molecular formula is C23H33N3O3. The van der Waals surface area contributed by atoms with Crippen LogP contribution in [0.5, 0.6) is 0 Å². The van der Waals surface area contributed by atoms with Gasteiger partial charge < -0.3 is 14.7 Å². The molecule has 1 atom stereocenters. The van der Waals surface area contributed by atoms with E-state index in [1.54, 1.807) is 4.90 Å². The molecule has 0 N–H and O–H groups in total. The van der Waals surface area contributed by atoms with E-state index in [1.807, 2.05) is 35.8 Å². The van der Waals surface area contributed by atoms with Crippen LogP contribution in [0.1, 0.15) is 45.6 Å². The third-order valence-corrected chi connectivity index (χ3v) is 5.94. The Labute approximate surface area is 173 Å². The van der Waals surface area contributed by atoms with Gasteiger partial charge >= 0.3 is 0 Å². The summed E-state index contributed by atoms with van der Waals surface area (Å²) < 4.78 is 0. The van der Waals surface area contributed by atoms with Crippen molar-refractivity contribution in [3.63, 3.8) is 0 Å². The summed E-state index contributed by atoms with van der Waals surface area (Å²) in [6.45, 7) is 8.67. The van der Waals surface area contributed by atoms with Gasteiger partial charge in [0.05, 0.1) is 5.92 Å². The van der Waals surface area contributed by atoms with Crippen LogP contribution >= 0.6 is 0 Å². The summed E-state index contributed by atoms with van der Waals surface area (Å²) in [7, 11) is 0. The lowest BCUT2D eigenvalue weighted by Gasteiger charge is -2.36. The van der Waals surface area contributed by atoms with Crippen LogP contribution in [0, 0.1) is 11.8 Å². The highest BCUT2D eigenvalue weighted by Gasteiger charge is 2.38. The third kappa shape index (κ3) is 4.98. The summed E-state index contributed by atoms with van der Waals surface area (Å²) >= 11 is 0. The standard InChI is InChI=1S/C23H33N3O3/c1-4-5-6-18-7-9-20(10-8-18)26-16-19(15-21(26)27)23(29)25-13-11-24(12-14-25)22(28)17(2)3/h7-10,17,19H,4-6,11-16H2,1-3H3. The normalized spacial score (nSPS) is 19.9. The molecule has 2 fully saturated rings. The summed E-state index contributed by atoms with van der Waals surface area (Å²) in [6.07, 6.45) is 3.64. The van der Waals surface area contributed by atoms with Crippen molar-refractivity contribution >= 4 is 23.4 Å². The number of benzene rings is 1. The average Bonchev–Trinajstić information content (AvgIpc) is 3.13. The molecule has 0 aromatic heterocycles. The molecule has 29 heavy (non-hydrogen) atoms. The van der Waals surface area contributed by atoms with Gasteiger partial charge in [-0.15, -0.1) is 0 Å². The zero-order chi connectivity index (χ0) is 21.0. The predicted octanol–water partition coefficient (Wildman–Crippen LogP) is 2.71. The minimum Gasteiger partial charge on any atom is -0.339 e. The number of piperazine rings is 1. The first-order chi connectivity index (χ1) is 13.9. The van der Waals surface area contributed by atoms with Crippen molar-refractivity contribution in [2.45, 2.75) is 46.5 Å². The third-order valence-electron chi connectivity index (χ3n) is 5.94. The molecule has 3 rings (SSSR count). The Hall–Kier alpha value is -2.37. The maximum absolute atomic E-state index is 12.9. The molecule has 158 valence electrons. The second-order valence-corrected chi connectivity index (χ2v) is 8.48. The Bertz CT molecular complexity index is 736. The Morgan fingerprint density at radius 3 is 2.24 bits per heavy atom. The Kier molecular flexibility index (Phi) is 6.93. The maximum Gasteiger partial charge on any atom is 0.228 e. The van der Waals surface area contributed by atoms with Crippen molar-refractivity contribution in [3.05, 3.63) is 29.8 Å². The number of amides is 3. The van der Waals surface area contributed by atoms with Gasteiger partial charge in [-0.05, 0) is 30.5 Å². The van der Waals surface area contributed by atoms with E-state index in [0.29, 0.717) is 32.7 Å². The molecule has 1 aromatic carbocycles. The topological polar surface area (TPSA) is 60.9 Å². The predicted molar refractivity (Wildman–Crippen MR) is 114 cm³/mol. The number of anilines is 1. The number of hydrogen-bond donors (Lipinski definition) is 0. The van der Waals surface area contributed by atoms with Crippen molar-refractivity contribution in [1.29, 1.82) is 0 Å². The molecule has 6 nitrogen and oxygen atoms in total. The van der Waals surface area contributed by atoms with E-state index in [9.17, 15) is 14.4 Å². The molecule has 0 radical (unpaired) electrons. The summed E-state index contributed by atoms with van der Waals surface area (Å²) in [5, 5.41) is 0. The van der Waals surface area contributed by atoms with Crippen molar-refractivity contribution < 1.29 is 14.4 Å². The molecule has 0 saturated carbocycles. The van der Waals surface area contributed by atoms with Gasteiger partial charge in [0.25, 0.3) is 0 Å². The summed E-state index contributed by atoms with van der Waals surface area (Å²) in [5.74, 6) is -0.127. The molecule has 0 aliphatic carbocycles. The van der Waals surface area contributed by atoms with E-state index in [4.69, 9.17) is 0 Å². The number of aryl methyl sites for hydroxylation is 1. The summed E-state index contributed by atoms with van der Waals surface area (Å²) in [6, 6.07) is 8.15. The second-order valence-electron chi connectivity index (χ2n) is 8.48. The maximum atomic E-state index is 12.9. The minimum atomic E-state index is -0.297. The van der Waals surface area contributed by atoms with E-state index < -0.39 is 0 Å². The zero-order valence-electron chi connectivity index (χ0n) is 17.9. The molecule has 3 amide bonds. The van der Waals surface area contributed by atoms with Crippen molar-refractivity contribution in [1.82, 2.24) is 9.80 Å². The lowest BCUT2D eigenvalue weighted by molar-refractivity contribution is -0.143. The number of hydrogen-bond acceptors (Lipinski definition) is 3. The van der Waals surface area contributed by atoms with E-state index in [-0.39, 0.29) is 36.0 Å². The number of unbranched alkanes of at least 4 members (excludes halogenated alkanes) is 1. The molecule has 1 unspecified atom stereocenters. The molecule has 1 aromatic rings. The number of nitrogens with zero attached hydrogens (tertiary/aromatic N) is 3. The van der Waals surface area contributed by atoms with Gasteiger partial charge in [0.1, 0.15) is 0 Å². The average molecular weight is 400 g/mol. The molecule has 2 aliphatic rings. The lowest BCUT2D eigenvalue weighted by Crippen LogP contribution is -2.53. The van der Waals surface area contributed by atoms with Gasteiger partial charge in [-0.1, -0.05) is 39.3 Å². The highest BCUT2D eigenvalue weighted by Crippen LogP contribution is 2.27. The van der Waals surface area contributed by atoms with Gasteiger partial charge in [-0.25, -0.2) is 0 Å². The summed E-state index contributed by atoms with van der Waals surface area (Å²) in [4.78, 5) is 43.0. The molecule has 6 heteroatoms. The van der Waals surface area contributed by atoms with Gasteiger partial charge in [-0.3, -0.25) is 14.4 Å². The molecule has 0 bridgehead atoms. The van der Waals surface area contributed by atoms with Gasteiger partial charge in [0.2, 0.25) is 17.7 Å². The second kappa shape index (κ2) is 9.42. The number of rotatable bonds is 6. The van der Waals surface area contributed by atoms with Gasteiger partial charge in [-0.2, -0.15) is 0 Å². The van der Waals surface area contributed by atoms with Gasteiger partial charge in [0, 0.05) is 50.7 Å². The molecule has 2 saturated heterocycles. The Balaban J connectivity index is 1.56. The van der Waals surface area contributed by atoms with Crippen molar-refractivity contribution in [2.24, 2.45) is 11.8 Å². The van der Waals surface area contributed by atoms with E-state index in [1.165, 1.54) is 5.56 Å². The highest BCUT2D eigenvalue weighted by molar-refractivity contribution is 6.00. The largest absolute Gasteiger partial charge is 0.339 e. The fraction of sp³-hybridized carbons (Fsp3) is 0.609. The van der Waals surface area contributed by atoms with E-state index in [2.05, 4.69) is 19.1 Å². The summed E-state index contributed by atoms with van der Waals surface area (Å²) in [5.41, 5.74) is 2.15. The Morgan fingerprint density at radius 2 is 1.66 bits per heavy atom. The van der Waals surface area contributed by atoms with Crippen LogP contribution in [0.4, 0.5) is 5.69 Å². The van der Waals surface area contributed by atoms with Crippen LogP contribution in [-0.2, 0) is 20.8 Å². The van der Waals surface area contributed by atoms with E-state index in [0.717, 1.165) is 24.9 Å². The first-order valence-corrected chi connectivity index (χ1v) is 10.9. The van der Waals surface area contributed by atoms with Gasteiger partial charge in [0.15, 0.2) is 0 Å². The fourth-order valence-corrected chi connectivity index (χ4v) is 4.12. The number of carbonyl (C=O) groups excluding carboxylic acids is 3. The zero-order valence-corrected chi connectivity index (χ0v) is 17.9. The van der Waals surface area contributed by atoms with Crippen LogP contribution < -0.4 is 4.90 Å². The quantitative estimate of drug-likeness (QED) is 0.739. The highest BCUT2D eigenvalue weighted by atomic mass is 16.2. The fourth-order valence-electron chi connectivity index (χ4n) is 4.12. The lowest BCUT2D eigenvalue weighted by atomic mass is 10.1. The van der Waals surface area contributed by atoms with Crippen LogP contribution in [0.3, 0.4) is 0 Å². The van der Waals surface area contributed by atoms with Crippen LogP contribution in [0.15, 0.2) is 24.3 Å². The molecule has 2 aliphatic heterocycles. The Morgan fingerprint density at radius 1 is 1.03 bits per heavy atom.